The molecule has 0 amide bonds. The summed E-state index contributed by atoms with van der Waals surface area (Å²) in [7, 11) is 0. The third kappa shape index (κ3) is 13.2. The average molecular weight is 674 g/mol. The first-order valence-corrected chi connectivity index (χ1v) is 14.3. The molecule has 1 unspecified atom stereocenters. The zero-order chi connectivity index (χ0) is 50.9. The van der Waals surface area contributed by atoms with Crippen LogP contribution in [-0.2, 0) is 9.53 Å². The monoisotopic (exact) mass is 673 g/mol. The van der Waals surface area contributed by atoms with Crippen LogP contribution in [0.25, 0.3) is 11.1 Å². The van der Waals surface area contributed by atoms with Crippen LogP contribution in [0.2, 0.25) is 0 Å². The first-order chi connectivity index (χ1) is 29.8. The number of esters is 3. The van der Waals surface area contributed by atoms with Gasteiger partial charge in [-0.2, -0.15) is 13.2 Å². The minimum Gasteiger partial charge on any atom is -0.449 e. The van der Waals surface area contributed by atoms with Crippen LogP contribution in [0.4, 0.5) is 13.2 Å². The van der Waals surface area contributed by atoms with Gasteiger partial charge in [-0.15, -0.1) is 0 Å². The van der Waals surface area contributed by atoms with Gasteiger partial charge in [0.05, 0.1) is 11.1 Å². The SMILES string of the molecule is [2H]C([2H])([2H])C([2H])([2H])C([2H])([2H])C([2H])([2H])C([2H])([2H])C([2H])([2H])C([2H])([2H])C([2H])([2H])C([2H])([2H])C(=O)Oc1ccc(-c2ccc(C(=O)Oc3ccc(C(=O)OC(CCCCCC)C(F)(F)F)cc3)cc2)cc1. The van der Waals surface area contributed by atoms with Gasteiger partial charge < -0.3 is 14.2 Å². The van der Waals surface area contributed by atoms with Gasteiger partial charge in [0.2, 0.25) is 0 Å². The third-order valence-corrected chi connectivity index (χ3v) is 6.29. The Morgan fingerprint density at radius 2 is 1.23 bits per heavy atom. The van der Waals surface area contributed by atoms with Crippen molar-refractivity contribution < 1.29 is 67.8 Å². The molecule has 3 rings (SSSR count). The number of ether oxygens (including phenoxy) is 3. The maximum atomic E-state index is 13.5. The molecule has 0 radical (unpaired) electrons. The molecule has 47 heavy (non-hydrogen) atoms. The Labute approximate surface area is 302 Å². The molecule has 9 heteroatoms. The van der Waals surface area contributed by atoms with Gasteiger partial charge in [-0.1, -0.05) is 95.5 Å². The molecule has 1 atom stereocenters. The lowest BCUT2D eigenvalue weighted by Crippen LogP contribution is -2.33. The van der Waals surface area contributed by atoms with Gasteiger partial charge >= 0.3 is 24.1 Å². The molecule has 0 spiro atoms. The molecule has 3 aromatic rings. The van der Waals surface area contributed by atoms with Crippen LogP contribution in [0.5, 0.6) is 11.5 Å². The summed E-state index contributed by atoms with van der Waals surface area (Å²) in [6.45, 7) is -2.08. The van der Waals surface area contributed by atoms with Crippen molar-refractivity contribution in [1.29, 1.82) is 0 Å². The fourth-order valence-corrected chi connectivity index (χ4v) is 3.95. The number of alkyl halides is 3. The number of hydrogen-bond acceptors (Lipinski definition) is 6. The van der Waals surface area contributed by atoms with Crippen LogP contribution in [0.3, 0.4) is 0 Å². The van der Waals surface area contributed by atoms with Crippen molar-refractivity contribution in [3.8, 4) is 22.6 Å². The average Bonchev–Trinajstić information content (AvgIpc) is 3.21. The van der Waals surface area contributed by atoms with Gasteiger partial charge in [0.25, 0.3) is 0 Å². The predicted molar refractivity (Wildman–Crippen MR) is 176 cm³/mol. The smallest absolute Gasteiger partial charge is 0.425 e. The second-order valence-electron chi connectivity index (χ2n) is 9.69. The molecule has 0 aliphatic carbocycles. The van der Waals surface area contributed by atoms with Crippen LogP contribution in [-0.4, -0.2) is 30.2 Å². The lowest BCUT2D eigenvalue weighted by Gasteiger charge is -2.20. The number of halogens is 3. The second-order valence-corrected chi connectivity index (χ2v) is 9.69. The summed E-state index contributed by atoms with van der Waals surface area (Å²) in [5.41, 5.74) is 0.669. The van der Waals surface area contributed by atoms with Crippen molar-refractivity contribution in [2.45, 2.75) is 109 Å². The molecule has 0 fully saturated rings. The Kier molecular flexibility index (Phi) is 7.64. The molecular formula is C38H45F3O6. The number of benzene rings is 3. The molecule has 0 saturated heterocycles. The van der Waals surface area contributed by atoms with Gasteiger partial charge in [0.15, 0.2) is 6.10 Å². The lowest BCUT2D eigenvalue weighted by atomic mass is 10.0. The largest absolute Gasteiger partial charge is 0.449 e. The van der Waals surface area contributed by atoms with Gasteiger partial charge in [-0.3, -0.25) is 4.79 Å². The van der Waals surface area contributed by atoms with Crippen molar-refractivity contribution in [3.63, 3.8) is 0 Å². The van der Waals surface area contributed by atoms with Gasteiger partial charge in [-0.25, -0.2) is 9.59 Å². The predicted octanol–water partition coefficient (Wildman–Crippen LogP) is 10.7. The molecular weight excluding hydrogens is 609 g/mol. The van der Waals surface area contributed by atoms with Crippen molar-refractivity contribution in [3.05, 3.63) is 83.9 Å². The Balaban J connectivity index is 1.73. The van der Waals surface area contributed by atoms with Crippen LogP contribution in [0.1, 0.15) is 144 Å². The van der Waals surface area contributed by atoms with E-state index in [1.54, 1.807) is 0 Å². The van der Waals surface area contributed by atoms with Crippen LogP contribution < -0.4 is 9.47 Å². The van der Waals surface area contributed by atoms with Crippen molar-refractivity contribution in [2.24, 2.45) is 0 Å². The van der Waals surface area contributed by atoms with E-state index in [1.807, 2.05) is 6.92 Å². The number of carbonyl (C=O) groups excluding carboxylic acids is 3. The van der Waals surface area contributed by atoms with Crippen molar-refractivity contribution in [2.75, 3.05) is 0 Å². The fraction of sp³-hybridized carbons (Fsp3) is 0.447. The highest BCUT2D eigenvalue weighted by molar-refractivity contribution is 5.92. The number of unbranched alkanes of at least 4 members (excludes halogenated alkanes) is 3. The molecule has 0 aromatic heterocycles. The maximum Gasteiger partial charge on any atom is 0.425 e. The van der Waals surface area contributed by atoms with E-state index in [0.717, 1.165) is 37.1 Å². The molecule has 0 aliphatic heterocycles. The molecule has 254 valence electrons. The summed E-state index contributed by atoms with van der Waals surface area (Å²) in [6, 6.07) is 15.1. The van der Waals surface area contributed by atoms with Crippen molar-refractivity contribution in [1.82, 2.24) is 0 Å². The summed E-state index contributed by atoms with van der Waals surface area (Å²) >= 11 is 0. The van der Waals surface area contributed by atoms with Crippen LogP contribution in [0, 0.1) is 0 Å². The van der Waals surface area contributed by atoms with Crippen LogP contribution >= 0.6 is 0 Å². The van der Waals surface area contributed by atoms with Crippen LogP contribution in [0.15, 0.2) is 72.8 Å². The van der Waals surface area contributed by atoms with E-state index in [1.165, 1.54) is 48.5 Å². The molecule has 0 bridgehead atoms. The van der Waals surface area contributed by atoms with E-state index in [9.17, 15) is 27.6 Å². The Morgan fingerprint density at radius 1 is 0.702 bits per heavy atom. The highest BCUT2D eigenvalue weighted by Crippen LogP contribution is 2.29. The van der Waals surface area contributed by atoms with E-state index in [2.05, 4.69) is 0 Å². The topological polar surface area (TPSA) is 78.9 Å². The Bertz CT molecular complexity index is 2180. The molecule has 0 heterocycles. The second kappa shape index (κ2) is 19.5. The minimum atomic E-state index is -4.76. The first kappa shape index (κ1) is 18.4. The van der Waals surface area contributed by atoms with E-state index < -0.39 is 93.8 Å². The summed E-state index contributed by atoms with van der Waals surface area (Å²) in [5, 5.41) is 0. The highest BCUT2D eigenvalue weighted by Gasteiger charge is 2.42. The normalized spacial score (nSPS) is 20.6. The first-order valence-electron chi connectivity index (χ1n) is 23.8. The van der Waals surface area contributed by atoms with Gasteiger partial charge in [0.1, 0.15) is 11.5 Å². The molecule has 0 aliphatic rings. The third-order valence-electron chi connectivity index (χ3n) is 6.29. The molecule has 0 N–H and O–H groups in total. The van der Waals surface area contributed by atoms with E-state index in [0.29, 0.717) is 17.5 Å². The summed E-state index contributed by atoms with van der Waals surface area (Å²) in [6.07, 6.45) is -41.1. The van der Waals surface area contributed by atoms with E-state index in [-0.39, 0.29) is 29.7 Å². The van der Waals surface area contributed by atoms with Gasteiger partial charge in [0, 0.05) is 32.4 Å². The molecule has 6 nitrogen and oxygen atoms in total. The lowest BCUT2D eigenvalue weighted by molar-refractivity contribution is -0.206. The Morgan fingerprint density at radius 3 is 1.85 bits per heavy atom. The number of hydrogen-bond donors (Lipinski definition) is 0. The molecule has 0 saturated carbocycles. The maximum absolute atomic E-state index is 13.5. The zero-order valence-corrected chi connectivity index (χ0v) is 25.1. The fourth-order valence-electron chi connectivity index (χ4n) is 3.95. The molecule has 3 aromatic carbocycles. The standard InChI is InChI=1S/C38H45F3O6/c1-3-5-7-9-10-11-13-15-35(42)45-32-24-20-29(21-25-32)28-16-18-30(19-17-28)36(43)46-33-26-22-31(23-27-33)37(44)47-34(38(39,40)41)14-12-8-6-4-2/h16-27,34H,3-15H2,1-2H3/i1D3,3D2,5D2,7D2,9D2,10D2,11D2,13D2,15D2. The minimum absolute atomic E-state index is 0.0315. The quantitative estimate of drug-likeness (QED) is 0.0716. The van der Waals surface area contributed by atoms with Gasteiger partial charge in [-0.05, 0) is 78.9 Å². The van der Waals surface area contributed by atoms with E-state index >= 15 is 0 Å². The number of rotatable bonds is 19. The Hall–Kier alpha value is -4.14. The summed E-state index contributed by atoms with van der Waals surface area (Å²) < 4.78 is 207. The zero-order valence-electron chi connectivity index (χ0n) is 44.1. The summed E-state index contributed by atoms with van der Waals surface area (Å²) in [5.74, 6) is -4.77. The number of carbonyl (C=O) groups is 3. The highest BCUT2D eigenvalue weighted by atomic mass is 19.4. The van der Waals surface area contributed by atoms with Crippen molar-refractivity contribution >= 4 is 17.9 Å². The van der Waals surface area contributed by atoms with E-state index in [4.69, 9.17) is 40.3 Å². The summed E-state index contributed by atoms with van der Waals surface area (Å²) in [4.78, 5) is 38.4.